The van der Waals surface area contributed by atoms with Crippen molar-refractivity contribution in [3.63, 3.8) is 0 Å². The van der Waals surface area contributed by atoms with Crippen LogP contribution in [0.3, 0.4) is 0 Å². The van der Waals surface area contributed by atoms with Crippen molar-refractivity contribution in [2.24, 2.45) is 5.84 Å². The third-order valence-electron chi connectivity index (χ3n) is 1.87. The van der Waals surface area contributed by atoms with E-state index in [1.165, 1.54) is 14.9 Å². The molecule has 0 spiro atoms. The average molecular weight is 347 g/mol. The van der Waals surface area contributed by atoms with Crippen LogP contribution in [0.1, 0.15) is 4.88 Å². The van der Waals surface area contributed by atoms with Crippen LogP contribution in [-0.4, -0.2) is 4.98 Å². The summed E-state index contributed by atoms with van der Waals surface area (Å²) in [5.41, 5.74) is 2.50. The van der Waals surface area contributed by atoms with E-state index in [9.17, 15) is 0 Å². The van der Waals surface area contributed by atoms with E-state index >= 15 is 0 Å². The second-order valence-electron chi connectivity index (χ2n) is 3.02. The summed E-state index contributed by atoms with van der Waals surface area (Å²) in [6.07, 6.45) is 1.76. The van der Waals surface area contributed by atoms with Crippen LogP contribution in [0.15, 0.2) is 30.5 Å². The van der Waals surface area contributed by atoms with Crippen LogP contribution in [0.2, 0.25) is 0 Å². The maximum Gasteiger partial charge on any atom is 0.197 e. The average Bonchev–Trinajstić information content (AvgIpc) is 2.76. The van der Waals surface area contributed by atoms with Crippen molar-refractivity contribution in [2.75, 3.05) is 5.43 Å². The molecule has 0 aliphatic heterocycles. The van der Waals surface area contributed by atoms with E-state index in [4.69, 9.17) is 10.6 Å². The molecule has 0 atom stereocenters. The van der Waals surface area contributed by atoms with Crippen LogP contribution < -0.4 is 16.0 Å². The van der Waals surface area contributed by atoms with Crippen molar-refractivity contribution in [3.8, 4) is 5.75 Å². The van der Waals surface area contributed by atoms with Gasteiger partial charge < -0.3 is 4.74 Å². The maximum absolute atomic E-state index is 5.60. The third kappa shape index (κ3) is 3.06. The molecule has 1 aromatic heterocycles. The van der Waals surface area contributed by atoms with Crippen LogP contribution in [0.25, 0.3) is 0 Å². The molecule has 0 unspecified atom stereocenters. The Labute approximate surface area is 111 Å². The number of thiazole rings is 1. The number of nitrogens with one attached hydrogen (secondary N) is 1. The Hall–Kier alpha value is -0.860. The van der Waals surface area contributed by atoms with Crippen LogP contribution >= 0.6 is 33.9 Å². The maximum atomic E-state index is 5.60. The molecule has 0 aliphatic rings. The predicted molar refractivity (Wildman–Crippen MR) is 73.4 cm³/mol. The van der Waals surface area contributed by atoms with Crippen LogP contribution in [-0.2, 0) is 6.61 Å². The number of ether oxygens (including phenoxy) is 1. The molecule has 0 saturated heterocycles. The number of aromatic nitrogens is 1. The van der Waals surface area contributed by atoms with Gasteiger partial charge in [0.15, 0.2) is 5.13 Å². The molecule has 0 radical (unpaired) electrons. The van der Waals surface area contributed by atoms with E-state index < -0.39 is 0 Å². The van der Waals surface area contributed by atoms with Gasteiger partial charge in [0.1, 0.15) is 12.4 Å². The van der Waals surface area contributed by atoms with E-state index in [0.29, 0.717) is 11.7 Å². The fourth-order valence-corrected chi connectivity index (χ4v) is 2.12. The second-order valence-corrected chi connectivity index (χ2v) is 5.38. The van der Waals surface area contributed by atoms with E-state index in [0.717, 1.165) is 10.6 Å². The molecule has 6 heteroatoms. The fraction of sp³-hybridized carbons (Fsp3) is 0.100. The number of hydrogen-bond donors (Lipinski definition) is 2. The summed E-state index contributed by atoms with van der Waals surface area (Å²) in [5, 5.41) is 0.696. The molecule has 2 rings (SSSR count). The first-order valence-corrected chi connectivity index (χ1v) is 6.47. The largest absolute Gasteiger partial charge is 0.488 e. The van der Waals surface area contributed by atoms with Gasteiger partial charge in [0, 0.05) is 9.77 Å². The molecule has 0 bridgehead atoms. The molecule has 0 aliphatic carbocycles. The Kier molecular flexibility index (Phi) is 3.97. The molecule has 3 N–H and O–H groups in total. The number of nitrogen functional groups attached to an aromatic ring is 1. The smallest absolute Gasteiger partial charge is 0.197 e. The molecule has 0 amide bonds. The van der Waals surface area contributed by atoms with E-state index in [1.54, 1.807) is 6.20 Å². The Morgan fingerprint density at radius 3 is 2.75 bits per heavy atom. The topological polar surface area (TPSA) is 60.2 Å². The van der Waals surface area contributed by atoms with Gasteiger partial charge in [0.25, 0.3) is 0 Å². The lowest BCUT2D eigenvalue weighted by Gasteiger charge is -2.03. The van der Waals surface area contributed by atoms with Gasteiger partial charge in [-0.1, -0.05) is 11.3 Å². The number of hydrogen-bond acceptors (Lipinski definition) is 5. The van der Waals surface area contributed by atoms with Gasteiger partial charge in [-0.3, -0.25) is 5.43 Å². The first-order chi connectivity index (χ1) is 7.78. The Morgan fingerprint density at radius 2 is 2.12 bits per heavy atom. The van der Waals surface area contributed by atoms with Gasteiger partial charge in [-0.2, -0.15) is 0 Å². The van der Waals surface area contributed by atoms with Crippen molar-refractivity contribution in [2.45, 2.75) is 6.61 Å². The zero-order chi connectivity index (χ0) is 11.4. The zero-order valence-corrected chi connectivity index (χ0v) is 11.3. The number of hydrazine groups is 1. The van der Waals surface area contributed by atoms with Gasteiger partial charge in [0.05, 0.1) is 4.88 Å². The quantitative estimate of drug-likeness (QED) is 0.507. The number of anilines is 1. The molecule has 2 aromatic rings. The summed E-state index contributed by atoms with van der Waals surface area (Å²) in [7, 11) is 0. The zero-order valence-electron chi connectivity index (χ0n) is 8.31. The van der Waals surface area contributed by atoms with Crippen LogP contribution in [0, 0.1) is 3.57 Å². The summed E-state index contributed by atoms with van der Waals surface area (Å²) in [6, 6.07) is 7.92. The predicted octanol–water partition coefficient (Wildman–Crippen LogP) is 2.61. The molecule has 1 heterocycles. The van der Waals surface area contributed by atoms with Gasteiger partial charge in [0.2, 0.25) is 0 Å². The lowest BCUT2D eigenvalue weighted by molar-refractivity contribution is 0.309. The highest BCUT2D eigenvalue weighted by Gasteiger charge is 2.01. The third-order valence-corrected chi connectivity index (χ3v) is 3.49. The van der Waals surface area contributed by atoms with E-state index in [1.807, 2.05) is 24.3 Å². The highest BCUT2D eigenvalue weighted by molar-refractivity contribution is 14.1. The Morgan fingerprint density at radius 1 is 1.38 bits per heavy atom. The van der Waals surface area contributed by atoms with Crippen molar-refractivity contribution >= 4 is 39.1 Å². The highest BCUT2D eigenvalue weighted by Crippen LogP contribution is 2.20. The van der Waals surface area contributed by atoms with E-state index in [2.05, 4.69) is 33.0 Å². The fourth-order valence-electron chi connectivity index (χ4n) is 1.13. The van der Waals surface area contributed by atoms with Crippen molar-refractivity contribution in [1.29, 1.82) is 0 Å². The first-order valence-electron chi connectivity index (χ1n) is 4.57. The molecular weight excluding hydrogens is 337 g/mol. The molecule has 84 valence electrons. The van der Waals surface area contributed by atoms with Crippen LogP contribution in [0.5, 0.6) is 5.75 Å². The standard InChI is InChI=1S/C10H10IN3OS/c11-7-1-3-8(4-2-7)15-6-9-5-13-10(14-12)16-9/h1-5H,6,12H2,(H,13,14). The molecule has 16 heavy (non-hydrogen) atoms. The Bertz CT molecular complexity index is 457. The number of halogens is 1. The lowest BCUT2D eigenvalue weighted by Crippen LogP contribution is -2.05. The van der Waals surface area contributed by atoms with Gasteiger partial charge >= 0.3 is 0 Å². The summed E-state index contributed by atoms with van der Waals surface area (Å²) in [6.45, 7) is 0.514. The number of benzene rings is 1. The number of nitrogens with zero attached hydrogens (tertiary/aromatic N) is 1. The van der Waals surface area contributed by atoms with Crippen molar-refractivity contribution in [1.82, 2.24) is 4.98 Å². The molecule has 1 aromatic carbocycles. The lowest BCUT2D eigenvalue weighted by atomic mass is 10.3. The minimum Gasteiger partial charge on any atom is -0.488 e. The molecule has 4 nitrogen and oxygen atoms in total. The van der Waals surface area contributed by atoms with E-state index in [-0.39, 0.29) is 0 Å². The summed E-state index contributed by atoms with van der Waals surface area (Å²) in [5.74, 6) is 6.10. The number of nitrogens with two attached hydrogens (primary N) is 1. The summed E-state index contributed by atoms with van der Waals surface area (Å²) in [4.78, 5) is 5.10. The first kappa shape index (κ1) is 11.6. The van der Waals surface area contributed by atoms with Gasteiger partial charge in [-0.15, -0.1) is 0 Å². The van der Waals surface area contributed by atoms with Gasteiger partial charge in [-0.25, -0.2) is 10.8 Å². The molecular formula is C10H10IN3OS. The van der Waals surface area contributed by atoms with Crippen molar-refractivity contribution < 1.29 is 4.74 Å². The Balaban J connectivity index is 1.94. The normalized spacial score (nSPS) is 10.1. The monoisotopic (exact) mass is 347 g/mol. The minimum atomic E-state index is 0.514. The minimum absolute atomic E-state index is 0.514. The molecule has 0 fully saturated rings. The molecule has 0 saturated carbocycles. The summed E-state index contributed by atoms with van der Waals surface area (Å²) < 4.78 is 6.80. The van der Waals surface area contributed by atoms with Gasteiger partial charge in [-0.05, 0) is 46.9 Å². The highest BCUT2D eigenvalue weighted by atomic mass is 127. The second kappa shape index (κ2) is 5.46. The van der Waals surface area contributed by atoms with Crippen molar-refractivity contribution in [3.05, 3.63) is 38.9 Å². The summed E-state index contributed by atoms with van der Waals surface area (Å²) >= 11 is 3.74. The SMILES string of the molecule is NNc1ncc(COc2ccc(I)cc2)s1. The number of rotatable bonds is 4. The van der Waals surface area contributed by atoms with Crippen LogP contribution in [0.4, 0.5) is 5.13 Å².